The van der Waals surface area contributed by atoms with Crippen molar-refractivity contribution < 1.29 is 24.8 Å². The summed E-state index contributed by atoms with van der Waals surface area (Å²) in [5.74, 6) is 0. The highest BCUT2D eigenvalue weighted by molar-refractivity contribution is 7.12. The van der Waals surface area contributed by atoms with Crippen LogP contribution in [0.1, 0.15) is 53.1 Å². The lowest BCUT2D eigenvalue weighted by Crippen LogP contribution is -2.61. The number of hydrogen-bond acceptors (Lipinski definition) is 7. The zero-order valence-electron chi connectivity index (χ0n) is 18.3. The van der Waals surface area contributed by atoms with Crippen molar-refractivity contribution in [1.82, 2.24) is 0 Å². The van der Waals surface area contributed by atoms with Gasteiger partial charge in [0.2, 0.25) is 0 Å². The largest absolute Gasteiger partial charge is 0.388 e. The fraction of sp³-hybridized carbons (Fsp3) is 0.542. The van der Waals surface area contributed by atoms with Crippen LogP contribution in [0.15, 0.2) is 24.3 Å². The maximum absolute atomic E-state index is 10.9. The number of methoxy groups -OCH3 is 1. The molecule has 3 N–H and O–H groups in total. The number of nitrogens with zero attached hydrogens (tertiary/aromatic N) is 1. The molecule has 0 unspecified atom stereocenters. The van der Waals surface area contributed by atoms with Crippen LogP contribution in [0.3, 0.4) is 0 Å². The molecule has 0 amide bonds. The van der Waals surface area contributed by atoms with Gasteiger partial charge in [-0.25, -0.2) is 0 Å². The molecule has 2 aromatic rings. The summed E-state index contributed by atoms with van der Waals surface area (Å²) in [6.07, 6.45) is -2.17. The van der Waals surface area contributed by atoms with Crippen molar-refractivity contribution in [2.75, 3.05) is 7.11 Å². The van der Waals surface area contributed by atoms with Gasteiger partial charge in [0.25, 0.3) is 0 Å². The third-order valence-corrected chi connectivity index (χ3v) is 8.36. The number of halogens is 1. The third-order valence-electron chi connectivity index (χ3n) is 6.72. The van der Waals surface area contributed by atoms with Crippen molar-refractivity contribution in [3.05, 3.63) is 55.7 Å². The number of thiophene rings is 1. The highest BCUT2D eigenvalue weighted by atomic mass is 35.5. The second-order valence-corrected chi connectivity index (χ2v) is 10.6. The molecule has 2 aliphatic rings. The highest BCUT2D eigenvalue weighted by Crippen LogP contribution is 2.50. The Labute approximate surface area is 197 Å². The first-order valence-corrected chi connectivity index (χ1v) is 11.9. The van der Waals surface area contributed by atoms with E-state index in [4.69, 9.17) is 21.1 Å². The maximum Gasteiger partial charge on any atom is 0.120 e. The van der Waals surface area contributed by atoms with E-state index in [1.165, 1.54) is 0 Å². The summed E-state index contributed by atoms with van der Waals surface area (Å²) in [5, 5.41) is 41.5. The first-order valence-electron chi connectivity index (χ1n) is 10.7. The lowest BCUT2D eigenvalue weighted by Gasteiger charge is -2.47. The van der Waals surface area contributed by atoms with E-state index in [2.05, 4.69) is 6.07 Å². The van der Waals surface area contributed by atoms with Gasteiger partial charge in [-0.2, -0.15) is 5.26 Å². The smallest absolute Gasteiger partial charge is 0.120 e. The van der Waals surface area contributed by atoms with Gasteiger partial charge in [-0.15, -0.1) is 11.3 Å². The number of aliphatic hydroxyl groups is 3. The quantitative estimate of drug-likeness (QED) is 0.589. The number of nitriles is 1. The van der Waals surface area contributed by atoms with Crippen LogP contribution in [0.25, 0.3) is 0 Å². The Morgan fingerprint density at radius 2 is 1.94 bits per heavy atom. The van der Waals surface area contributed by atoms with Crippen molar-refractivity contribution in [3.8, 4) is 6.07 Å². The van der Waals surface area contributed by atoms with Crippen molar-refractivity contribution in [2.45, 2.75) is 75.1 Å². The van der Waals surface area contributed by atoms with Crippen LogP contribution >= 0.6 is 22.9 Å². The van der Waals surface area contributed by atoms with Gasteiger partial charge < -0.3 is 24.8 Å². The summed E-state index contributed by atoms with van der Waals surface area (Å²) in [4.78, 5) is 2.18. The third kappa shape index (κ3) is 3.99. The normalized spacial score (nSPS) is 31.3. The van der Waals surface area contributed by atoms with Gasteiger partial charge in [-0.3, -0.25) is 0 Å². The summed E-state index contributed by atoms with van der Waals surface area (Å²) in [6.45, 7) is 3.63. The minimum Gasteiger partial charge on any atom is -0.388 e. The van der Waals surface area contributed by atoms with Crippen LogP contribution in [0.5, 0.6) is 0 Å². The molecule has 1 aromatic heterocycles. The molecule has 2 heterocycles. The summed E-state index contributed by atoms with van der Waals surface area (Å²) in [7, 11) is 1.57. The topological polar surface area (TPSA) is 103 Å². The van der Waals surface area contributed by atoms with E-state index in [9.17, 15) is 20.6 Å². The van der Waals surface area contributed by atoms with Crippen LogP contribution in [0.4, 0.5) is 0 Å². The molecule has 0 bridgehead atoms. The molecule has 6 nitrogen and oxygen atoms in total. The zero-order chi connectivity index (χ0) is 23.3. The summed E-state index contributed by atoms with van der Waals surface area (Å²) in [5.41, 5.74) is 0.677. The Morgan fingerprint density at radius 3 is 2.56 bits per heavy atom. The number of aliphatic hydroxyl groups excluding tert-OH is 3. The molecule has 1 saturated carbocycles. The standard InChI is InChI=1S/C24H28ClNO5S/c1-13-20(27)21(28)22(29)23(2,31-13)17-9-14(18(25)10-15(17)11-30-3)8-16-4-5-19(32-16)24(12-26)6-7-24/h4-5,9-10,13,20-22,27-29H,6-8,11H2,1-3H3/t13-,20-,21+,22-,23+/m1/s1. The molecule has 5 atom stereocenters. The molecule has 1 saturated heterocycles. The molecule has 1 aliphatic heterocycles. The Bertz CT molecular complexity index is 1050. The summed E-state index contributed by atoms with van der Waals surface area (Å²) >= 11 is 8.26. The second-order valence-electron chi connectivity index (χ2n) is 9.03. The predicted molar refractivity (Wildman–Crippen MR) is 122 cm³/mol. The first kappa shape index (κ1) is 23.7. The molecule has 0 spiro atoms. The molecule has 32 heavy (non-hydrogen) atoms. The lowest BCUT2D eigenvalue weighted by atomic mass is 9.79. The van der Waals surface area contributed by atoms with Crippen molar-refractivity contribution in [3.63, 3.8) is 0 Å². The van der Waals surface area contributed by atoms with E-state index in [-0.39, 0.29) is 12.0 Å². The Morgan fingerprint density at radius 1 is 1.22 bits per heavy atom. The van der Waals surface area contributed by atoms with Gasteiger partial charge in [0.1, 0.15) is 23.9 Å². The molecule has 172 valence electrons. The highest BCUT2D eigenvalue weighted by Gasteiger charge is 2.51. The van der Waals surface area contributed by atoms with Gasteiger partial charge >= 0.3 is 0 Å². The van der Waals surface area contributed by atoms with Crippen molar-refractivity contribution in [2.24, 2.45) is 0 Å². The van der Waals surface area contributed by atoms with Crippen LogP contribution in [0, 0.1) is 11.3 Å². The van der Waals surface area contributed by atoms with Gasteiger partial charge in [0, 0.05) is 28.3 Å². The lowest BCUT2D eigenvalue weighted by molar-refractivity contribution is -0.263. The molecule has 2 fully saturated rings. The molecule has 1 aliphatic carbocycles. The number of benzene rings is 1. The van der Waals surface area contributed by atoms with Gasteiger partial charge in [-0.05, 0) is 61.6 Å². The van der Waals surface area contributed by atoms with E-state index in [1.807, 2.05) is 24.3 Å². The van der Waals surface area contributed by atoms with Crippen LogP contribution < -0.4 is 0 Å². The average molecular weight is 478 g/mol. The molecular formula is C24H28ClNO5S. The summed E-state index contributed by atoms with van der Waals surface area (Å²) < 4.78 is 11.4. The molecule has 1 aromatic carbocycles. The fourth-order valence-corrected chi connectivity index (χ4v) is 6.01. The molecule has 8 heteroatoms. The Kier molecular flexibility index (Phi) is 6.43. The summed E-state index contributed by atoms with van der Waals surface area (Å²) in [6, 6.07) is 10.2. The Balaban J connectivity index is 1.72. The van der Waals surface area contributed by atoms with E-state index < -0.39 is 30.0 Å². The minimum atomic E-state index is -1.35. The second kappa shape index (κ2) is 8.69. The van der Waals surface area contributed by atoms with E-state index in [0.717, 1.165) is 33.7 Å². The number of rotatable bonds is 6. The molecule has 0 radical (unpaired) electrons. The number of ether oxygens (including phenoxy) is 2. The van der Waals surface area contributed by atoms with Crippen LogP contribution in [-0.4, -0.2) is 46.8 Å². The van der Waals surface area contributed by atoms with Gasteiger partial charge in [-0.1, -0.05) is 17.7 Å². The average Bonchev–Trinajstić information content (AvgIpc) is 3.43. The SMILES string of the molecule is COCc1cc(Cl)c(Cc2ccc(C3(C#N)CC3)s2)cc1[C@]1(C)O[C@H](C)[C@@H](O)[C@H](O)[C@H]1O. The van der Waals surface area contributed by atoms with Crippen LogP contribution in [0.2, 0.25) is 5.02 Å². The monoisotopic (exact) mass is 477 g/mol. The zero-order valence-corrected chi connectivity index (χ0v) is 19.9. The van der Waals surface area contributed by atoms with Crippen molar-refractivity contribution >= 4 is 22.9 Å². The fourth-order valence-electron chi connectivity index (χ4n) is 4.53. The predicted octanol–water partition coefficient (Wildman–Crippen LogP) is 3.41. The number of hydrogen-bond donors (Lipinski definition) is 3. The van der Waals surface area contributed by atoms with Gasteiger partial charge in [0.15, 0.2) is 0 Å². The van der Waals surface area contributed by atoms with E-state index >= 15 is 0 Å². The van der Waals surface area contributed by atoms with E-state index in [0.29, 0.717) is 17.0 Å². The van der Waals surface area contributed by atoms with Gasteiger partial charge in [0.05, 0.1) is 24.2 Å². The molecular weight excluding hydrogens is 450 g/mol. The maximum atomic E-state index is 10.9. The molecule has 4 rings (SSSR count). The van der Waals surface area contributed by atoms with Crippen molar-refractivity contribution in [1.29, 1.82) is 5.26 Å². The Hall–Kier alpha value is -1.50. The first-order chi connectivity index (χ1) is 15.1. The van der Waals surface area contributed by atoms with Crippen LogP contribution in [-0.2, 0) is 33.5 Å². The minimum absolute atomic E-state index is 0.252. The van der Waals surface area contributed by atoms with E-state index in [1.54, 1.807) is 32.3 Å².